The number of hydrogen-bond acceptors (Lipinski definition) is 6. The first-order valence-electron chi connectivity index (χ1n) is 11.3. The Hall–Kier alpha value is -2.81. The minimum absolute atomic E-state index is 0.0906. The summed E-state index contributed by atoms with van der Waals surface area (Å²) in [6, 6.07) is 8.10. The van der Waals surface area contributed by atoms with Crippen LogP contribution >= 0.6 is 11.8 Å². The minimum Gasteiger partial charge on any atom is -0.486 e. The van der Waals surface area contributed by atoms with E-state index in [1.807, 2.05) is 40.0 Å². The van der Waals surface area contributed by atoms with Gasteiger partial charge in [-0.3, -0.25) is 9.48 Å². The highest BCUT2D eigenvalue weighted by atomic mass is 32.2. The number of thioether (sulfide) groups is 1. The summed E-state index contributed by atoms with van der Waals surface area (Å²) in [5.41, 5.74) is 3.76. The van der Waals surface area contributed by atoms with Gasteiger partial charge in [0.2, 0.25) is 5.91 Å². The van der Waals surface area contributed by atoms with E-state index in [0.29, 0.717) is 17.7 Å². The van der Waals surface area contributed by atoms with E-state index in [-0.39, 0.29) is 11.2 Å². The molecule has 1 N–H and O–H groups in total. The van der Waals surface area contributed by atoms with Crippen molar-refractivity contribution in [3.8, 4) is 5.75 Å². The van der Waals surface area contributed by atoms with E-state index < -0.39 is 0 Å². The molecule has 9 heteroatoms. The standard InChI is InChI=1S/C24H34N6O2S/c1-8-19-9-11-20(12-10-19)32-14-21-26-27-24(30(21)13-15(2)3)33-18(6)23(31)25-22-16(4)28-29(7)17(22)5/h9-12,15,18H,8,13-14H2,1-7H3,(H,25,31). The van der Waals surface area contributed by atoms with Crippen LogP contribution in [0.5, 0.6) is 5.75 Å². The molecule has 1 atom stereocenters. The molecular weight excluding hydrogens is 436 g/mol. The van der Waals surface area contributed by atoms with Crippen LogP contribution in [0.15, 0.2) is 29.4 Å². The smallest absolute Gasteiger partial charge is 0.237 e. The molecule has 0 saturated carbocycles. The monoisotopic (exact) mass is 470 g/mol. The second-order valence-electron chi connectivity index (χ2n) is 8.61. The highest BCUT2D eigenvalue weighted by molar-refractivity contribution is 8.00. The van der Waals surface area contributed by atoms with Gasteiger partial charge >= 0.3 is 0 Å². The molecule has 3 rings (SSSR count). The Morgan fingerprint density at radius 3 is 2.42 bits per heavy atom. The van der Waals surface area contributed by atoms with Crippen LogP contribution in [0.4, 0.5) is 5.69 Å². The van der Waals surface area contributed by atoms with Crippen LogP contribution in [-0.4, -0.2) is 35.7 Å². The number of benzene rings is 1. The maximum Gasteiger partial charge on any atom is 0.237 e. The van der Waals surface area contributed by atoms with Gasteiger partial charge in [-0.2, -0.15) is 5.10 Å². The first kappa shape index (κ1) is 24.8. The van der Waals surface area contributed by atoms with Crippen LogP contribution in [0.3, 0.4) is 0 Å². The van der Waals surface area contributed by atoms with E-state index in [2.05, 4.69) is 58.1 Å². The Labute approximate surface area is 200 Å². The Bertz CT molecular complexity index is 1090. The number of ether oxygens (including phenoxy) is 1. The third-order valence-electron chi connectivity index (χ3n) is 5.45. The molecule has 1 amide bonds. The zero-order chi connectivity index (χ0) is 24.1. The lowest BCUT2D eigenvalue weighted by Gasteiger charge is -2.15. The van der Waals surface area contributed by atoms with Gasteiger partial charge in [0.15, 0.2) is 11.0 Å². The van der Waals surface area contributed by atoms with Crippen LogP contribution in [0.1, 0.15) is 50.5 Å². The Balaban J connectivity index is 1.70. The van der Waals surface area contributed by atoms with Crippen molar-refractivity contribution >= 4 is 23.4 Å². The van der Waals surface area contributed by atoms with Crippen LogP contribution in [0, 0.1) is 19.8 Å². The summed E-state index contributed by atoms with van der Waals surface area (Å²) in [6.07, 6.45) is 0.995. The maximum absolute atomic E-state index is 12.9. The number of carbonyl (C=O) groups excluding carboxylic acids is 1. The summed E-state index contributed by atoms with van der Waals surface area (Å²) in [6.45, 7) is 13.2. The zero-order valence-electron chi connectivity index (χ0n) is 20.5. The SMILES string of the molecule is CCc1ccc(OCc2nnc(SC(C)C(=O)Nc3c(C)nn(C)c3C)n2CC(C)C)cc1. The lowest BCUT2D eigenvalue weighted by atomic mass is 10.2. The van der Waals surface area contributed by atoms with Crippen molar-refractivity contribution in [2.75, 3.05) is 5.32 Å². The van der Waals surface area contributed by atoms with Crippen LogP contribution in [0.25, 0.3) is 0 Å². The molecule has 178 valence electrons. The van der Waals surface area contributed by atoms with Gasteiger partial charge in [-0.05, 0) is 50.8 Å². The van der Waals surface area contributed by atoms with Crippen molar-refractivity contribution in [3.05, 3.63) is 47.0 Å². The summed E-state index contributed by atoms with van der Waals surface area (Å²) in [7, 11) is 1.87. The molecule has 2 aromatic heterocycles. The summed E-state index contributed by atoms with van der Waals surface area (Å²) < 4.78 is 9.79. The van der Waals surface area contributed by atoms with Crippen molar-refractivity contribution < 1.29 is 9.53 Å². The molecule has 2 heterocycles. The number of anilines is 1. The van der Waals surface area contributed by atoms with E-state index in [9.17, 15) is 4.79 Å². The first-order valence-corrected chi connectivity index (χ1v) is 12.2. The Morgan fingerprint density at radius 2 is 1.85 bits per heavy atom. The fourth-order valence-electron chi connectivity index (χ4n) is 3.42. The normalized spacial score (nSPS) is 12.2. The third-order valence-corrected chi connectivity index (χ3v) is 6.53. The molecular formula is C24H34N6O2S. The largest absolute Gasteiger partial charge is 0.486 e. The number of aryl methyl sites for hydroxylation is 3. The van der Waals surface area contributed by atoms with Gasteiger partial charge in [0, 0.05) is 13.6 Å². The molecule has 0 spiro atoms. The van der Waals surface area contributed by atoms with Crippen LogP contribution < -0.4 is 10.1 Å². The van der Waals surface area contributed by atoms with Gasteiger partial charge in [0.1, 0.15) is 12.4 Å². The predicted molar refractivity (Wildman–Crippen MR) is 132 cm³/mol. The molecule has 0 radical (unpaired) electrons. The number of aromatic nitrogens is 5. The van der Waals surface area contributed by atoms with E-state index in [1.165, 1.54) is 17.3 Å². The Kier molecular flexibility index (Phi) is 8.18. The lowest BCUT2D eigenvalue weighted by Crippen LogP contribution is -2.24. The van der Waals surface area contributed by atoms with Crippen molar-refractivity contribution in [1.82, 2.24) is 24.5 Å². The number of hydrogen-bond donors (Lipinski definition) is 1. The molecule has 3 aromatic rings. The topological polar surface area (TPSA) is 86.9 Å². The number of nitrogens with one attached hydrogen (secondary N) is 1. The second-order valence-corrected chi connectivity index (χ2v) is 9.92. The van der Waals surface area contributed by atoms with Gasteiger partial charge < -0.3 is 14.6 Å². The quantitative estimate of drug-likeness (QED) is 0.438. The third kappa shape index (κ3) is 6.16. The van der Waals surface area contributed by atoms with Crippen molar-refractivity contribution in [1.29, 1.82) is 0 Å². The fraction of sp³-hybridized carbons (Fsp3) is 0.500. The zero-order valence-corrected chi connectivity index (χ0v) is 21.4. The number of rotatable bonds is 10. The molecule has 0 saturated heterocycles. The number of nitrogens with zero attached hydrogens (tertiary/aromatic N) is 5. The summed E-state index contributed by atoms with van der Waals surface area (Å²) in [5.74, 6) is 1.85. The average molecular weight is 471 g/mol. The number of amides is 1. The van der Waals surface area contributed by atoms with Crippen molar-refractivity contribution in [2.24, 2.45) is 13.0 Å². The first-order chi connectivity index (χ1) is 15.7. The molecule has 0 fully saturated rings. The second kappa shape index (κ2) is 10.9. The Morgan fingerprint density at radius 1 is 1.15 bits per heavy atom. The van der Waals surface area contributed by atoms with Gasteiger partial charge in [0.05, 0.1) is 22.3 Å². The minimum atomic E-state index is -0.352. The highest BCUT2D eigenvalue weighted by Crippen LogP contribution is 2.26. The van der Waals surface area contributed by atoms with Gasteiger partial charge in [-0.15, -0.1) is 10.2 Å². The van der Waals surface area contributed by atoms with Crippen molar-refractivity contribution in [2.45, 2.75) is 71.5 Å². The molecule has 1 aromatic carbocycles. The van der Waals surface area contributed by atoms with Crippen LogP contribution in [0.2, 0.25) is 0 Å². The molecule has 0 bridgehead atoms. The van der Waals surface area contributed by atoms with E-state index in [4.69, 9.17) is 4.74 Å². The van der Waals surface area contributed by atoms with Crippen LogP contribution in [-0.2, 0) is 31.4 Å². The molecule has 0 aliphatic rings. The average Bonchev–Trinajstić information content (AvgIpc) is 3.26. The molecule has 0 aliphatic carbocycles. The molecule has 8 nitrogen and oxygen atoms in total. The maximum atomic E-state index is 12.9. The summed E-state index contributed by atoms with van der Waals surface area (Å²) in [5, 5.41) is 16.5. The van der Waals surface area contributed by atoms with Gasteiger partial charge in [-0.1, -0.05) is 44.7 Å². The molecule has 1 unspecified atom stereocenters. The predicted octanol–water partition coefficient (Wildman–Crippen LogP) is 4.55. The van der Waals surface area contributed by atoms with E-state index in [0.717, 1.165) is 41.6 Å². The van der Waals surface area contributed by atoms with E-state index in [1.54, 1.807) is 4.68 Å². The number of carbonyl (C=O) groups is 1. The van der Waals surface area contributed by atoms with E-state index >= 15 is 0 Å². The molecule has 0 aliphatic heterocycles. The van der Waals surface area contributed by atoms with Crippen molar-refractivity contribution in [3.63, 3.8) is 0 Å². The highest BCUT2D eigenvalue weighted by Gasteiger charge is 2.23. The lowest BCUT2D eigenvalue weighted by molar-refractivity contribution is -0.115. The summed E-state index contributed by atoms with van der Waals surface area (Å²) in [4.78, 5) is 12.9. The fourth-order valence-corrected chi connectivity index (χ4v) is 4.30. The van der Waals surface area contributed by atoms with Gasteiger partial charge in [0.25, 0.3) is 0 Å². The summed E-state index contributed by atoms with van der Waals surface area (Å²) >= 11 is 1.40. The van der Waals surface area contributed by atoms with Gasteiger partial charge in [-0.25, -0.2) is 0 Å². The molecule has 33 heavy (non-hydrogen) atoms.